The van der Waals surface area contributed by atoms with Gasteiger partial charge in [0.2, 0.25) is 5.91 Å². The summed E-state index contributed by atoms with van der Waals surface area (Å²) in [6.07, 6.45) is 1.57. The van der Waals surface area contributed by atoms with Gasteiger partial charge in [-0.1, -0.05) is 0 Å². The lowest BCUT2D eigenvalue weighted by Crippen LogP contribution is -2.40. The van der Waals surface area contributed by atoms with Crippen LogP contribution in [0.2, 0.25) is 0 Å². The maximum atomic E-state index is 11.9. The number of rotatable bonds is 5. The monoisotopic (exact) mass is 345 g/mol. The molecule has 1 aliphatic heterocycles. The number of furan rings is 1. The summed E-state index contributed by atoms with van der Waals surface area (Å²) in [5.41, 5.74) is 0.512. The van der Waals surface area contributed by atoms with Gasteiger partial charge in [-0.2, -0.15) is 0 Å². The first-order valence-corrected chi connectivity index (χ1v) is 7.81. The van der Waals surface area contributed by atoms with E-state index in [-0.39, 0.29) is 6.54 Å². The highest BCUT2D eigenvalue weighted by atomic mass is 16.6. The molecule has 0 bridgehead atoms. The predicted octanol–water partition coefficient (Wildman–Crippen LogP) is 1.83. The number of carbonyl (C=O) groups excluding carboxylic acids is 2. The molecule has 3 amide bonds. The summed E-state index contributed by atoms with van der Waals surface area (Å²) in [5, 5.41) is 4.88. The molecule has 1 aromatic carbocycles. The van der Waals surface area contributed by atoms with E-state index in [1.165, 1.54) is 0 Å². The van der Waals surface area contributed by atoms with Gasteiger partial charge in [0.1, 0.15) is 19.0 Å². The van der Waals surface area contributed by atoms with E-state index < -0.39 is 11.9 Å². The van der Waals surface area contributed by atoms with Crippen LogP contribution in [0, 0.1) is 0 Å². The van der Waals surface area contributed by atoms with E-state index in [0.717, 1.165) is 5.76 Å². The van der Waals surface area contributed by atoms with E-state index in [2.05, 4.69) is 10.6 Å². The number of imide groups is 1. The average molecular weight is 345 g/mol. The zero-order valence-electron chi connectivity index (χ0n) is 13.8. The number of nitrogens with one attached hydrogen (secondary N) is 2. The van der Waals surface area contributed by atoms with Crippen molar-refractivity contribution in [2.45, 2.75) is 6.54 Å². The van der Waals surface area contributed by atoms with Crippen LogP contribution in [0.25, 0.3) is 0 Å². The summed E-state index contributed by atoms with van der Waals surface area (Å²) in [6.45, 7) is 1.50. The predicted molar refractivity (Wildman–Crippen MR) is 89.6 cm³/mol. The van der Waals surface area contributed by atoms with Gasteiger partial charge in [-0.05, 0) is 31.3 Å². The fourth-order valence-corrected chi connectivity index (χ4v) is 2.42. The van der Waals surface area contributed by atoms with E-state index in [1.807, 2.05) is 6.07 Å². The van der Waals surface area contributed by atoms with Crippen LogP contribution in [0.1, 0.15) is 5.76 Å². The molecule has 2 N–H and O–H groups in total. The number of anilines is 1. The second-order valence-electron chi connectivity index (χ2n) is 5.61. The number of fused-ring (bicyclic) bond motifs is 1. The third-order valence-electron chi connectivity index (χ3n) is 3.47. The Morgan fingerprint density at radius 3 is 2.72 bits per heavy atom. The van der Waals surface area contributed by atoms with Gasteiger partial charge in [-0.25, -0.2) is 4.79 Å². The van der Waals surface area contributed by atoms with Gasteiger partial charge in [0.25, 0.3) is 0 Å². The molecule has 0 saturated carbocycles. The fraction of sp³-hybridized carbons (Fsp3) is 0.294. The molecule has 132 valence electrons. The molecule has 1 aromatic heterocycles. The molecule has 0 spiro atoms. The maximum absolute atomic E-state index is 11.9. The number of benzene rings is 1. The second kappa shape index (κ2) is 7.71. The van der Waals surface area contributed by atoms with Gasteiger partial charge in [-0.15, -0.1) is 0 Å². The quantitative estimate of drug-likeness (QED) is 0.859. The Balaban J connectivity index is 1.47. The average Bonchev–Trinajstić information content (AvgIpc) is 3.07. The van der Waals surface area contributed by atoms with Crippen molar-refractivity contribution in [1.82, 2.24) is 10.2 Å². The number of nitrogens with zero attached hydrogens (tertiary/aromatic N) is 1. The van der Waals surface area contributed by atoms with Crippen LogP contribution in [-0.4, -0.2) is 43.6 Å². The highest BCUT2D eigenvalue weighted by Gasteiger charge is 2.15. The molecule has 25 heavy (non-hydrogen) atoms. The van der Waals surface area contributed by atoms with Crippen molar-refractivity contribution < 1.29 is 23.5 Å². The minimum atomic E-state index is -0.604. The molecule has 8 heteroatoms. The molecule has 0 unspecified atom stereocenters. The Labute approximate surface area is 144 Å². The van der Waals surface area contributed by atoms with Crippen LogP contribution in [-0.2, 0) is 11.3 Å². The molecule has 0 atom stereocenters. The topological polar surface area (TPSA) is 93.0 Å². The molecular weight excluding hydrogens is 326 g/mol. The number of amides is 3. The summed E-state index contributed by atoms with van der Waals surface area (Å²) in [5.74, 6) is 1.53. The minimum Gasteiger partial charge on any atom is -0.486 e. The smallest absolute Gasteiger partial charge is 0.325 e. The van der Waals surface area contributed by atoms with Crippen LogP contribution in [0.15, 0.2) is 41.0 Å². The van der Waals surface area contributed by atoms with Crippen LogP contribution < -0.4 is 20.1 Å². The van der Waals surface area contributed by atoms with E-state index >= 15 is 0 Å². The summed E-state index contributed by atoms with van der Waals surface area (Å²) in [6, 6.07) is 8.05. The van der Waals surface area contributed by atoms with Crippen LogP contribution in [0.5, 0.6) is 11.5 Å². The second-order valence-corrected chi connectivity index (χ2v) is 5.61. The zero-order chi connectivity index (χ0) is 17.6. The lowest BCUT2D eigenvalue weighted by molar-refractivity contribution is -0.120. The molecule has 0 radical (unpaired) electrons. The Morgan fingerprint density at radius 2 is 1.96 bits per heavy atom. The summed E-state index contributed by atoms with van der Waals surface area (Å²) in [7, 11) is 1.76. The fourth-order valence-electron chi connectivity index (χ4n) is 2.42. The molecule has 1 aliphatic rings. The highest BCUT2D eigenvalue weighted by molar-refractivity contribution is 6.01. The van der Waals surface area contributed by atoms with Crippen molar-refractivity contribution in [3.63, 3.8) is 0 Å². The maximum Gasteiger partial charge on any atom is 0.325 e. The van der Waals surface area contributed by atoms with Crippen LogP contribution >= 0.6 is 0 Å². The van der Waals surface area contributed by atoms with Crippen LogP contribution in [0.4, 0.5) is 10.5 Å². The Hall–Kier alpha value is -3.00. The van der Waals surface area contributed by atoms with Crippen molar-refractivity contribution in [3.05, 3.63) is 42.4 Å². The Kier molecular flexibility index (Phi) is 5.20. The Morgan fingerprint density at radius 1 is 1.16 bits per heavy atom. The third-order valence-corrected chi connectivity index (χ3v) is 3.47. The first kappa shape index (κ1) is 16.8. The van der Waals surface area contributed by atoms with E-state index in [1.54, 1.807) is 42.5 Å². The lowest BCUT2D eigenvalue weighted by atomic mass is 10.2. The van der Waals surface area contributed by atoms with E-state index in [4.69, 9.17) is 13.9 Å². The lowest BCUT2D eigenvalue weighted by Gasteiger charge is -2.19. The molecule has 3 rings (SSSR count). The number of carbonyl (C=O) groups is 2. The molecule has 0 fully saturated rings. The number of ether oxygens (including phenoxy) is 2. The molecule has 2 heterocycles. The number of urea groups is 1. The minimum absolute atomic E-state index is 0.0647. The number of likely N-dealkylation sites (N-methyl/N-ethyl adjacent to an activating group) is 1. The SMILES string of the molecule is CN(CC(=O)NC(=O)Nc1ccc2c(c1)OCCO2)Cc1ccco1. The van der Waals surface area contributed by atoms with E-state index in [0.29, 0.717) is 36.9 Å². The summed E-state index contributed by atoms with van der Waals surface area (Å²) in [4.78, 5) is 25.6. The highest BCUT2D eigenvalue weighted by Crippen LogP contribution is 2.32. The van der Waals surface area contributed by atoms with Crippen molar-refractivity contribution >= 4 is 17.6 Å². The number of hydrogen-bond donors (Lipinski definition) is 2. The van der Waals surface area contributed by atoms with Crippen LogP contribution in [0.3, 0.4) is 0 Å². The number of hydrogen-bond acceptors (Lipinski definition) is 6. The molecule has 0 aliphatic carbocycles. The first-order chi connectivity index (χ1) is 12.1. The molecular formula is C17H19N3O5. The van der Waals surface area contributed by atoms with E-state index in [9.17, 15) is 9.59 Å². The van der Waals surface area contributed by atoms with Gasteiger partial charge in [0.15, 0.2) is 11.5 Å². The summed E-state index contributed by atoms with van der Waals surface area (Å²) >= 11 is 0. The Bertz CT molecular complexity index is 745. The largest absolute Gasteiger partial charge is 0.486 e. The van der Waals surface area contributed by atoms with Gasteiger partial charge in [-0.3, -0.25) is 15.0 Å². The van der Waals surface area contributed by atoms with Gasteiger partial charge >= 0.3 is 6.03 Å². The first-order valence-electron chi connectivity index (χ1n) is 7.81. The van der Waals surface area contributed by atoms with Gasteiger partial charge in [0.05, 0.1) is 19.4 Å². The van der Waals surface area contributed by atoms with Crippen molar-refractivity contribution in [1.29, 1.82) is 0 Å². The summed E-state index contributed by atoms with van der Waals surface area (Å²) < 4.78 is 16.1. The van der Waals surface area contributed by atoms with Gasteiger partial charge < -0.3 is 19.2 Å². The zero-order valence-corrected chi connectivity index (χ0v) is 13.8. The normalized spacial score (nSPS) is 12.7. The third kappa shape index (κ3) is 4.74. The molecule has 8 nitrogen and oxygen atoms in total. The van der Waals surface area contributed by atoms with Gasteiger partial charge in [0, 0.05) is 11.8 Å². The molecule has 0 saturated heterocycles. The standard InChI is InChI=1S/C17H19N3O5/c1-20(10-13-3-2-6-23-13)11-16(21)19-17(22)18-12-4-5-14-15(9-12)25-8-7-24-14/h2-6,9H,7-8,10-11H2,1H3,(H2,18,19,21,22). The van der Waals surface area contributed by atoms with Crippen molar-refractivity contribution in [2.75, 3.05) is 32.1 Å². The van der Waals surface area contributed by atoms with Crippen molar-refractivity contribution in [3.8, 4) is 11.5 Å². The molecule has 2 aromatic rings. The van der Waals surface area contributed by atoms with Crippen molar-refractivity contribution in [2.24, 2.45) is 0 Å².